The zero-order valence-electron chi connectivity index (χ0n) is 21.1. The lowest BCUT2D eigenvalue weighted by molar-refractivity contribution is -0.385. The highest BCUT2D eigenvalue weighted by molar-refractivity contribution is 5.99. The van der Waals surface area contributed by atoms with Crippen LogP contribution < -0.4 is 15.5 Å². The van der Waals surface area contributed by atoms with Crippen LogP contribution in [-0.4, -0.2) is 64.7 Å². The largest absolute Gasteiger partial charge is 0.366 e. The van der Waals surface area contributed by atoms with Crippen LogP contribution in [0.3, 0.4) is 0 Å². The van der Waals surface area contributed by atoms with E-state index in [0.717, 1.165) is 0 Å². The molecule has 2 aromatic heterocycles. The van der Waals surface area contributed by atoms with E-state index in [2.05, 4.69) is 20.9 Å². The van der Waals surface area contributed by atoms with Crippen LogP contribution in [0, 0.1) is 15.9 Å². The van der Waals surface area contributed by atoms with Gasteiger partial charge < -0.3 is 29.5 Å². The fraction of sp³-hybridized carbons (Fsp3) is 0.231. The maximum absolute atomic E-state index is 15.1. The fourth-order valence-electron chi connectivity index (χ4n) is 4.32. The number of carbonyl (C=O) groups is 2. The minimum Gasteiger partial charge on any atom is -0.366 e. The number of benzene rings is 2. The molecule has 2 amide bonds. The molecule has 40 heavy (non-hydrogen) atoms. The Morgan fingerprint density at radius 3 is 2.58 bits per heavy atom. The van der Waals surface area contributed by atoms with Crippen LogP contribution in [-0.2, 0) is 11.3 Å². The average Bonchev–Trinajstić information content (AvgIpc) is 3.67. The van der Waals surface area contributed by atoms with Gasteiger partial charge in [-0.1, -0.05) is 28.5 Å². The normalized spacial score (nSPS) is 13.2. The summed E-state index contributed by atoms with van der Waals surface area (Å²) in [4.78, 5) is 38.9. The Balaban J connectivity index is 1.13. The smallest absolute Gasteiger partial charge is 0.282 e. The number of carbonyl (C=O) groups excluding carboxylic acids is 2. The lowest BCUT2D eigenvalue weighted by atomic mass is 10.1. The summed E-state index contributed by atoms with van der Waals surface area (Å²) in [5, 5.41) is 24.4. The molecule has 1 aliphatic heterocycles. The molecule has 0 spiro atoms. The van der Waals surface area contributed by atoms with Gasteiger partial charge in [0.05, 0.1) is 23.7 Å². The Kier molecular flexibility index (Phi) is 7.66. The Morgan fingerprint density at radius 2 is 1.85 bits per heavy atom. The Hall–Kier alpha value is -5.27. The lowest BCUT2D eigenvalue weighted by Crippen LogP contribution is -2.51. The molecule has 0 aliphatic carbocycles. The van der Waals surface area contributed by atoms with E-state index in [0.29, 0.717) is 61.2 Å². The van der Waals surface area contributed by atoms with Crippen LogP contribution in [0.5, 0.6) is 0 Å². The second-order valence-corrected chi connectivity index (χ2v) is 8.91. The van der Waals surface area contributed by atoms with E-state index in [4.69, 9.17) is 9.05 Å². The van der Waals surface area contributed by atoms with E-state index in [-0.39, 0.29) is 23.7 Å². The van der Waals surface area contributed by atoms with Gasteiger partial charge in [0.15, 0.2) is 11.6 Å². The number of piperazine rings is 1. The van der Waals surface area contributed by atoms with Crippen molar-refractivity contribution in [2.24, 2.45) is 0 Å². The number of nitro groups is 1. The summed E-state index contributed by atoms with van der Waals surface area (Å²) in [5.74, 6) is -0.367. The number of rotatable bonds is 9. The number of nitrogens with zero attached hydrogens (tertiary/aromatic N) is 5. The summed E-state index contributed by atoms with van der Waals surface area (Å²) in [6.45, 7) is 1.46. The molecule has 0 bridgehead atoms. The van der Waals surface area contributed by atoms with Crippen LogP contribution in [0.2, 0.25) is 0 Å². The Morgan fingerprint density at radius 1 is 1.05 bits per heavy atom. The molecule has 1 saturated heterocycles. The molecule has 1 aliphatic rings. The van der Waals surface area contributed by atoms with E-state index in [9.17, 15) is 19.7 Å². The van der Waals surface area contributed by atoms with Crippen LogP contribution in [0.1, 0.15) is 16.1 Å². The first-order chi connectivity index (χ1) is 19.4. The number of para-hydroxylation sites is 1. The number of nitrogens with one attached hydrogen (secondary N) is 2. The maximum atomic E-state index is 15.1. The molecular weight excluding hydrogens is 525 g/mol. The van der Waals surface area contributed by atoms with Crippen LogP contribution in [0.15, 0.2) is 69.9 Å². The summed E-state index contributed by atoms with van der Waals surface area (Å²) in [6, 6.07) is 13.7. The quantitative estimate of drug-likeness (QED) is 0.235. The van der Waals surface area contributed by atoms with Gasteiger partial charge in [-0.3, -0.25) is 19.7 Å². The number of amides is 2. The van der Waals surface area contributed by atoms with E-state index in [1.54, 1.807) is 29.2 Å². The molecule has 4 aromatic rings. The van der Waals surface area contributed by atoms with Crippen molar-refractivity contribution in [1.29, 1.82) is 0 Å². The minimum atomic E-state index is -0.702. The molecule has 0 radical (unpaired) electrons. The van der Waals surface area contributed by atoms with Crippen molar-refractivity contribution < 1.29 is 27.9 Å². The Labute approximate surface area is 226 Å². The van der Waals surface area contributed by atoms with Crippen molar-refractivity contribution in [1.82, 2.24) is 20.5 Å². The third-order valence-electron chi connectivity index (χ3n) is 6.40. The number of anilines is 2. The van der Waals surface area contributed by atoms with Gasteiger partial charge in [-0.25, -0.2) is 4.39 Å². The molecule has 1 fully saturated rings. The molecule has 0 unspecified atom stereocenters. The van der Waals surface area contributed by atoms with Crippen molar-refractivity contribution >= 4 is 29.0 Å². The zero-order chi connectivity index (χ0) is 28.1. The molecular formula is C26H24FN7O6. The van der Waals surface area contributed by atoms with Crippen molar-refractivity contribution in [2.75, 3.05) is 42.9 Å². The molecule has 206 valence electrons. The summed E-state index contributed by atoms with van der Waals surface area (Å²) < 4.78 is 25.1. The van der Waals surface area contributed by atoms with Gasteiger partial charge in [-0.05, 0) is 18.2 Å². The van der Waals surface area contributed by atoms with Crippen molar-refractivity contribution in [3.05, 3.63) is 88.1 Å². The van der Waals surface area contributed by atoms with Gasteiger partial charge in [-0.2, -0.15) is 0 Å². The molecule has 14 heteroatoms. The highest BCUT2D eigenvalue weighted by Crippen LogP contribution is 2.27. The number of halogens is 1. The SMILES string of the molecule is O=C(NCC(=O)N1CCN(c2ccc(-c3cc(CNc4ccon4)on3)cc2F)CC1)c1ccccc1[N+](=O)[O-]. The van der Waals surface area contributed by atoms with Crippen molar-refractivity contribution in [3.63, 3.8) is 0 Å². The first-order valence-corrected chi connectivity index (χ1v) is 12.3. The molecule has 2 N–H and O–H groups in total. The van der Waals surface area contributed by atoms with Crippen LogP contribution in [0.25, 0.3) is 11.3 Å². The Bertz CT molecular complexity index is 1520. The second-order valence-electron chi connectivity index (χ2n) is 8.91. The predicted molar refractivity (Wildman–Crippen MR) is 140 cm³/mol. The average molecular weight is 550 g/mol. The highest BCUT2D eigenvalue weighted by Gasteiger charge is 2.25. The third kappa shape index (κ3) is 5.90. The van der Waals surface area contributed by atoms with Crippen LogP contribution >= 0.6 is 0 Å². The third-order valence-corrected chi connectivity index (χ3v) is 6.40. The summed E-state index contributed by atoms with van der Waals surface area (Å²) in [6.07, 6.45) is 1.44. The van der Waals surface area contributed by atoms with Gasteiger partial charge in [0.2, 0.25) is 5.91 Å². The minimum absolute atomic E-state index is 0.117. The summed E-state index contributed by atoms with van der Waals surface area (Å²) in [7, 11) is 0. The topological polar surface area (TPSA) is 160 Å². The van der Waals surface area contributed by atoms with E-state index in [1.807, 2.05) is 4.90 Å². The molecule has 3 heterocycles. The van der Waals surface area contributed by atoms with Crippen molar-refractivity contribution in [3.8, 4) is 11.3 Å². The molecule has 0 saturated carbocycles. The standard InChI is InChI=1S/C26H24FN7O6/c27-20-13-17(21-14-18(40-30-21)15-28-24-7-12-39-31-24)5-6-23(20)32-8-10-33(11-9-32)25(35)16-29-26(36)19-3-1-2-4-22(19)34(37)38/h1-7,12-14H,8-11,15-16H2,(H,28,31)(H,29,36). The van der Waals surface area contributed by atoms with Gasteiger partial charge in [0, 0.05) is 49.9 Å². The van der Waals surface area contributed by atoms with Gasteiger partial charge in [0.1, 0.15) is 23.3 Å². The zero-order valence-corrected chi connectivity index (χ0v) is 21.1. The number of hydrogen-bond donors (Lipinski definition) is 2. The number of hydrogen-bond acceptors (Lipinski definition) is 10. The first-order valence-electron chi connectivity index (χ1n) is 12.3. The monoisotopic (exact) mass is 549 g/mol. The molecule has 0 atom stereocenters. The number of nitro benzene ring substituents is 1. The predicted octanol–water partition coefficient (Wildman–Crippen LogP) is 3.07. The van der Waals surface area contributed by atoms with Crippen LogP contribution in [0.4, 0.5) is 21.6 Å². The first kappa shape index (κ1) is 26.3. The second kappa shape index (κ2) is 11.6. The van der Waals surface area contributed by atoms with E-state index >= 15 is 4.39 Å². The number of aromatic nitrogens is 2. The molecule has 5 rings (SSSR count). The van der Waals surface area contributed by atoms with E-state index < -0.39 is 16.6 Å². The molecule has 13 nitrogen and oxygen atoms in total. The molecule has 2 aromatic carbocycles. The van der Waals surface area contributed by atoms with E-state index in [1.165, 1.54) is 36.6 Å². The van der Waals surface area contributed by atoms with Gasteiger partial charge in [-0.15, -0.1) is 0 Å². The lowest BCUT2D eigenvalue weighted by Gasteiger charge is -2.36. The summed E-state index contributed by atoms with van der Waals surface area (Å²) in [5.41, 5.74) is 0.991. The summed E-state index contributed by atoms with van der Waals surface area (Å²) >= 11 is 0. The van der Waals surface area contributed by atoms with Gasteiger partial charge >= 0.3 is 0 Å². The van der Waals surface area contributed by atoms with Crippen molar-refractivity contribution in [2.45, 2.75) is 6.54 Å². The van der Waals surface area contributed by atoms with Gasteiger partial charge in [0.25, 0.3) is 11.6 Å². The highest BCUT2D eigenvalue weighted by atomic mass is 19.1. The maximum Gasteiger partial charge on any atom is 0.282 e. The fourth-order valence-corrected chi connectivity index (χ4v) is 4.32.